The van der Waals surface area contributed by atoms with Crippen LogP contribution in [0.15, 0.2) is 48.5 Å². The molecule has 0 N–H and O–H groups in total. The van der Waals surface area contributed by atoms with E-state index < -0.39 is 0 Å². The summed E-state index contributed by atoms with van der Waals surface area (Å²) in [4.78, 5) is 0. The van der Waals surface area contributed by atoms with Crippen LogP contribution >= 0.6 is 0 Å². The van der Waals surface area contributed by atoms with Crippen LogP contribution in [-0.4, -0.2) is 0 Å². The lowest BCUT2D eigenvalue weighted by Gasteiger charge is -2.35. The lowest BCUT2D eigenvalue weighted by molar-refractivity contribution is 0.223. The van der Waals surface area contributed by atoms with Crippen molar-refractivity contribution in [2.45, 2.75) is 128 Å². The summed E-state index contributed by atoms with van der Waals surface area (Å²) in [5, 5.41) is 9.95. The molecule has 0 spiro atoms. The van der Waals surface area contributed by atoms with Gasteiger partial charge in [0.15, 0.2) is 0 Å². The average Bonchev–Trinajstić information content (AvgIpc) is 2.94. The SMILES string of the molecule is CCCCCCCC1(C#N)CCC(c2ccc(-c3ccc(C4CCC(CCC)CC4)cc3)cc2)CC1. The Kier molecular flexibility index (Phi) is 10.1. The highest BCUT2D eigenvalue weighted by Crippen LogP contribution is 2.46. The van der Waals surface area contributed by atoms with Crippen LogP contribution in [0.4, 0.5) is 0 Å². The number of hydrogen-bond acceptors (Lipinski definition) is 1. The zero-order valence-electron chi connectivity index (χ0n) is 23.1. The molecule has 0 aromatic heterocycles. The molecule has 0 aliphatic heterocycles. The van der Waals surface area contributed by atoms with E-state index in [0.717, 1.165) is 43.9 Å². The van der Waals surface area contributed by atoms with Gasteiger partial charge in [-0.15, -0.1) is 0 Å². The molecular weight excluding hydrogens is 434 g/mol. The molecule has 4 rings (SSSR count). The van der Waals surface area contributed by atoms with Crippen molar-refractivity contribution in [3.63, 3.8) is 0 Å². The minimum Gasteiger partial charge on any atom is -0.198 e. The molecule has 2 fully saturated rings. The number of benzene rings is 2. The molecule has 0 radical (unpaired) electrons. The highest BCUT2D eigenvalue weighted by atomic mass is 14.4. The van der Waals surface area contributed by atoms with Crippen LogP contribution in [0.25, 0.3) is 11.1 Å². The quantitative estimate of drug-likeness (QED) is 0.291. The molecule has 2 aromatic rings. The van der Waals surface area contributed by atoms with Crippen LogP contribution in [0, 0.1) is 22.7 Å². The van der Waals surface area contributed by atoms with E-state index in [1.54, 1.807) is 5.56 Å². The van der Waals surface area contributed by atoms with E-state index in [1.165, 1.54) is 87.3 Å². The Labute approximate surface area is 221 Å². The van der Waals surface area contributed by atoms with E-state index in [9.17, 15) is 5.26 Å². The second-order valence-electron chi connectivity index (χ2n) is 12.1. The number of nitrogens with zero attached hydrogens (tertiary/aromatic N) is 1. The smallest absolute Gasteiger partial charge is 0.0689 e. The van der Waals surface area contributed by atoms with Gasteiger partial charge in [-0.1, -0.05) is 107 Å². The zero-order chi connectivity index (χ0) is 25.2. The van der Waals surface area contributed by atoms with Gasteiger partial charge < -0.3 is 0 Å². The van der Waals surface area contributed by atoms with Crippen molar-refractivity contribution in [2.24, 2.45) is 11.3 Å². The van der Waals surface area contributed by atoms with E-state index >= 15 is 0 Å². The van der Waals surface area contributed by atoms with Crippen LogP contribution in [0.5, 0.6) is 0 Å². The van der Waals surface area contributed by atoms with Crippen molar-refractivity contribution in [1.82, 2.24) is 0 Å². The first kappa shape index (κ1) is 27.0. The number of nitriles is 1. The van der Waals surface area contributed by atoms with Crippen LogP contribution in [0.2, 0.25) is 0 Å². The minimum absolute atomic E-state index is 0.0559. The highest BCUT2D eigenvalue weighted by Gasteiger charge is 2.35. The second-order valence-corrected chi connectivity index (χ2v) is 12.1. The number of rotatable bonds is 11. The van der Waals surface area contributed by atoms with Gasteiger partial charge in [-0.05, 0) is 97.8 Å². The summed E-state index contributed by atoms with van der Waals surface area (Å²) in [6.45, 7) is 4.59. The normalized spacial score (nSPS) is 26.4. The van der Waals surface area contributed by atoms with E-state index in [2.05, 4.69) is 68.4 Å². The second kappa shape index (κ2) is 13.5. The van der Waals surface area contributed by atoms with Crippen molar-refractivity contribution >= 4 is 0 Å². The Bertz CT molecular complexity index is 932. The molecule has 194 valence electrons. The molecule has 2 aliphatic carbocycles. The molecule has 0 bridgehead atoms. The predicted molar refractivity (Wildman–Crippen MR) is 154 cm³/mol. The largest absolute Gasteiger partial charge is 0.198 e. The third kappa shape index (κ3) is 7.03. The van der Waals surface area contributed by atoms with Crippen LogP contribution in [-0.2, 0) is 0 Å². The first-order valence-corrected chi connectivity index (χ1v) is 15.3. The van der Waals surface area contributed by atoms with E-state index in [0.29, 0.717) is 5.92 Å². The minimum atomic E-state index is -0.0559. The van der Waals surface area contributed by atoms with Crippen LogP contribution < -0.4 is 0 Å². The summed E-state index contributed by atoms with van der Waals surface area (Å²) in [7, 11) is 0. The zero-order valence-corrected chi connectivity index (χ0v) is 23.1. The summed E-state index contributed by atoms with van der Waals surface area (Å²) < 4.78 is 0. The summed E-state index contributed by atoms with van der Waals surface area (Å²) >= 11 is 0. The van der Waals surface area contributed by atoms with Gasteiger partial charge in [-0.25, -0.2) is 0 Å². The Hall–Kier alpha value is -2.07. The van der Waals surface area contributed by atoms with Gasteiger partial charge in [0.1, 0.15) is 0 Å². The fourth-order valence-corrected chi connectivity index (χ4v) is 7.08. The van der Waals surface area contributed by atoms with Crippen molar-refractivity contribution in [2.75, 3.05) is 0 Å². The third-order valence-electron chi connectivity index (χ3n) is 9.58. The van der Waals surface area contributed by atoms with Gasteiger partial charge in [0.2, 0.25) is 0 Å². The molecule has 2 aromatic carbocycles. The molecule has 0 saturated heterocycles. The Morgan fingerprint density at radius 3 is 1.69 bits per heavy atom. The molecule has 0 unspecified atom stereocenters. The van der Waals surface area contributed by atoms with Crippen molar-refractivity contribution in [3.05, 3.63) is 59.7 Å². The van der Waals surface area contributed by atoms with Gasteiger partial charge in [0, 0.05) is 0 Å². The van der Waals surface area contributed by atoms with Crippen LogP contribution in [0.1, 0.15) is 140 Å². The van der Waals surface area contributed by atoms with Gasteiger partial charge in [-0.3, -0.25) is 0 Å². The maximum atomic E-state index is 9.95. The first-order valence-electron chi connectivity index (χ1n) is 15.3. The number of unbranched alkanes of at least 4 members (excludes halogenated alkanes) is 4. The predicted octanol–water partition coefficient (Wildman–Crippen LogP) is 11.0. The fraction of sp³-hybridized carbons (Fsp3) is 0.629. The molecule has 1 heteroatoms. The molecule has 0 amide bonds. The summed E-state index contributed by atoms with van der Waals surface area (Å²) in [5.41, 5.74) is 5.61. The maximum Gasteiger partial charge on any atom is 0.0689 e. The standard InChI is InChI=1S/C35H49N/c1-3-5-6-7-8-24-35(27-36)25-22-34(23-26-35)33-20-18-32(19-21-33)31-16-14-30(15-17-31)29-12-10-28(9-4-2)11-13-29/h14-21,28-29,34H,3-13,22-26H2,1-2H3. The Morgan fingerprint density at radius 2 is 1.19 bits per heavy atom. The van der Waals surface area contributed by atoms with Crippen molar-refractivity contribution in [1.29, 1.82) is 5.26 Å². The van der Waals surface area contributed by atoms with Gasteiger partial charge in [0.25, 0.3) is 0 Å². The molecule has 0 atom stereocenters. The van der Waals surface area contributed by atoms with Gasteiger partial charge in [0.05, 0.1) is 11.5 Å². The van der Waals surface area contributed by atoms with E-state index in [1.807, 2.05) is 0 Å². The summed E-state index contributed by atoms with van der Waals surface area (Å²) in [6.07, 6.45) is 20.4. The lowest BCUT2D eigenvalue weighted by atomic mass is 9.67. The van der Waals surface area contributed by atoms with Crippen molar-refractivity contribution in [3.8, 4) is 17.2 Å². The van der Waals surface area contributed by atoms with E-state index in [-0.39, 0.29) is 5.41 Å². The first-order chi connectivity index (χ1) is 17.7. The molecule has 0 heterocycles. The summed E-state index contributed by atoms with van der Waals surface area (Å²) in [5.74, 6) is 2.35. The van der Waals surface area contributed by atoms with Gasteiger partial charge >= 0.3 is 0 Å². The van der Waals surface area contributed by atoms with Gasteiger partial charge in [-0.2, -0.15) is 5.26 Å². The lowest BCUT2D eigenvalue weighted by Crippen LogP contribution is -2.25. The molecule has 2 aliphatic rings. The van der Waals surface area contributed by atoms with Crippen molar-refractivity contribution < 1.29 is 0 Å². The third-order valence-corrected chi connectivity index (χ3v) is 9.58. The summed E-state index contributed by atoms with van der Waals surface area (Å²) in [6, 6.07) is 21.5. The fourth-order valence-electron chi connectivity index (χ4n) is 7.08. The number of hydrogen-bond donors (Lipinski definition) is 0. The molecule has 36 heavy (non-hydrogen) atoms. The topological polar surface area (TPSA) is 23.8 Å². The molecule has 1 nitrogen and oxygen atoms in total. The molecule has 2 saturated carbocycles. The van der Waals surface area contributed by atoms with Crippen LogP contribution in [0.3, 0.4) is 0 Å². The Morgan fingerprint density at radius 1 is 0.667 bits per heavy atom. The maximum absolute atomic E-state index is 9.95. The molecular formula is C35H49N. The Balaban J connectivity index is 1.28. The van der Waals surface area contributed by atoms with E-state index in [4.69, 9.17) is 0 Å². The highest BCUT2D eigenvalue weighted by molar-refractivity contribution is 5.64. The monoisotopic (exact) mass is 483 g/mol. The average molecular weight is 484 g/mol.